The van der Waals surface area contributed by atoms with Gasteiger partial charge in [-0.05, 0) is 23.6 Å². The number of hydrogen-bond acceptors (Lipinski definition) is 8. The molecule has 0 aliphatic carbocycles. The van der Waals surface area contributed by atoms with Gasteiger partial charge in [-0.15, -0.1) is 17.9 Å². The Morgan fingerprint density at radius 2 is 2.09 bits per heavy atom. The molecule has 0 radical (unpaired) electrons. The number of nitrogens with zero attached hydrogens (tertiary/aromatic N) is 3. The lowest BCUT2D eigenvalue weighted by molar-refractivity contribution is -0.386. The molecule has 1 saturated heterocycles. The first kappa shape index (κ1) is 23.9. The standard InChI is InChI=1S/C20H23N3O7S2/c1-2-7-21(14-16-4-3-12-31-16)20(24)15-30-19-6-5-17(13-18(19)23(25)26)32(27,28)22-8-10-29-11-9-22/h2-6,12-13H,1,7-11,14-15H2. The summed E-state index contributed by atoms with van der Waals surface area (Å²) in [4.78, 5) is 25.7. The monoisotopic (exact) mass is 481 g/mol. The average molecular weight is 482 g/mol. The molecule has 1 fully saturated rings. The fourth-order valence-electron chi connectivity index (χ4n) is 3.09. The van der Waals surface area contributed by atoms with Gasteiger partial charge in [0.2, 0.25) is 10.0 Å². The minimum absolute atomic E-state index is 0.173. The smallest absolute Gasteiger partial charge is 0.312 e. The van der Waals surface area contributed by atoms with Crippen LogP contribution in [0.25, 0.3) is 0 Å². The Hall–Kier alpha value is -2.80. The molecule has 32 heavy (non-hydrogen) atoms. The minimum Gasteiger partial charge on any atom is -0.477 e. The Morgan fingerprint density at radius 3 is 2.72 bits per heavy atom. The molecular formula is C20H23N3O7S2. The third-order valence-electron chi connectivity index (χ3n) is 4.72. The zero-order valence-corrected chi connectivity index (χ0v) is 18.8. The van der Waals surface area contributed by atoms with Crippen molar-refractivity contribution in [3.05, 3.63) is 63.4 Å². The summed E-state index contributed by atoms with van der Waals surface area (Å²) in [6, 6.07) is 7.18. The number of thiophene rings is 1. The predicted octanol–water partition coefficient (Wildman–Crippen LogP) is 2.27. The van der Waals surface area contributed by atoms with Gasteiger partial charge in [0.05, 0.1) is 29.6 Å². The number of benzene rings is 1. The van der Waals surface area contributed by atoms with Crippen molar-refractivity contribution in [2.45, 2.75) is 11.4 Å². The molecule has 1 aliphatic heterocycles. The summed E-state index contributed by atoms with van der Waals surface area (Å²) < 4.78 is 37.4. The maximum atomic E-state index is 12.8. The van der Waals surface area contributed by atoms with Gasteiger partial charge in [0, 0.05) is 30.6 Å². The van der Waals surface area contributed by atoms with E-state index in [1.165, 1.54) is 32.7 Å². The molecule has 10 nitrogen and oxygen atoms in total. The first-order chi connectivity index (χ1) is 15.3. The number of rotatable bonds is 10. The van der Waals surface area contributed by atoms with E-state index in [4.69, 9.17) is 9.47 Å². The molecular weight excluding hydrogens is 458 g/mol. The second-order valence-electron chi connectivity index (χ2n) is 6.83. The van der Waals surface area contributed by atoms with E-state index < -0.39 is 27.2 Å². The van der Waals surface area contributed by atoms with Crippen LogP contribution in [0.5, 0.6) is 5.75 Å². The molecule has 1 amide bonds. The van der Waals surface area contributed by atoms with Gasteiger partial charge in [0.15, 0.2) is 12.4 Å². The van der Waals surface area contributed by atoms with E-state index in [0.29, 0.717) is 13.1 Å². The third kappa shape index (κ3) is 5.71. The summed E-state index contributed by atoms with van der Waals surface area (Å²) in [5.74, 6) is -0.559. The van der Waals surface area contributed by atoms with Gasteiger partial charge in [0.25, 0.3) is 5.91 Å². The minimum atomic E-state index is -3.91. The van der Waals surface area contributed by atoms with Gasteiger partial charge in [-0.25, -0.2) is 8.42 Å². The number of sulfonamides is 1. The van der Waals surface area contributed by atoms with Crippen LogP contribution in [-0.2, 0) is 26.1 Å². The van der Waals surface area contributed by atoms with E-state index >= 15 is 0 Å². The lowest BCUT2D eigenvalue weighted by Crippen LogP contribution is -2.40. The van der Waals surface area contributed by atoms with Gasteiger partial charge in [-0.3, -0.25) is 14.9 Å². The molecule has 0 unspecified atom stereocenters. The van der Waals surface area contributed by atoms with Crippen LogP contribution in [0.4, 0.5) is 5.69 Å². The molecule has 1 aromatic carbocycles. The highest BCUT2D eigenvalue weighted by molar-refractivity contribution is 7.89. The zero-order valence-electron chi connectivity index (χ0n) is 17.2. The molecule has 0 N–H and O–H groups in total. The van der Waals surface area contributed by atoms with E-state index in [0.717, 1.165) is 10.9 Å². The Labute approximate surface area is 189 Å². The van der Waals surface area contributed by atoms with Crippen molar-refractivity contribution in [2.75, 3.05) is 39.5 Å². The largest absolute Gasteiger partial charge is 0.477 e. The second-order valence-corrected chi connectivity index (χ2v) is 9.80. The maximum absolute atomic E-state index is 12.8. The summed E-state index contributed by atoms with van der Waals surface area (Å²) in [6.07, 6.45) is 1.58. The highest BCUT2D eigenvalue weighted by Gasteiger charge is 2.29. The van der Waals surface area contributed by atoms with Crippen molar-refractivity contribution in [1.29, 1.82) is 0 Å². The molecule has 12 heteroatoms. The molecule has 0 bridgehead atoms. The van der Waals surface area contributed by atoms with E-state index in [1.54, 1.807) is 6.08 Å². The number of carbonyl (C=O) groups excluding carboxylic acids is 1. The summed E-state index contributed by atoms with van der Waals surface area (Å²) in [7, 11) is -3.91. The number of carbonyl (C=O) groups is 1. The summed E-state index contributed by atoms with van der Waals surface area (Å²) >= 11 is 1.50. The van der Waals surface area contributed by atoms with Crippen LogP contribution in [-0.4, -0.2) is 67.9 Å². The highest BCUT2D eigenvalue weighted by atomic mass is 32.2. The lowest BCUT2D eigenvalue weighted by Gasteiger charge is -2.26. The molecule has 1 aliphatic rings. The van der Waals surface area contributed by atoms with Crippen LogP contribution in [0.2, 0.25) is 0 Å². The highest BCUT2D eigenvalue weighted by Crippen LogP contribution is 2.31. The number of amides is 1. The number of hydrogen-bond donors (Lipinski definition) is 0. The summed E-state index contributed by atoms with van der Waals surface area (Å²) in [5.41, 5.74) is -0.527. The SMILES string of the molecule is C=CCN(Cc1cccs1)C(=O)COc1ccc(S(=O)(=O)N2CCOCC2)cc1[N+](=O)[O-]. The Kier molecular flexibility index (Phi) is 7.96. The zero-order chi connectivity index (χ0) is 23.1. The van der Waals surface area contributed by atoms with Gasteiger partial charge < -0.3 is 14.4 Å². The van der Waals surface area contributed by atoms with E-state index in [1.807, 2.05) is 17.5 Å². The van der Waals surface area contributed by atoms with Crippen LogP contribution in [0.1, 0.15) is 4.88 Å². The average Bonchev–Trinajstić information content (AvgIpc) is 3.30. The van der Waals surface area contributed by atoms with Crippen LogP contribution in [0.3, 0.4) is 0 Å². The van der Waals surface area contributed by atoms with Crippen molar-refractivity contribution >= 4 is 33.0 Å². The van der Waals surface area contributed by atoms with E-state index in [2.05, 4.69) is 6.58 Å². The van der Waals surface area contributed by atoms with Crippen LogP contribution in [0.15, 0.2) is 53.3 Å². The fourth-order valence-corrected chi connectivity index (χ4v) is 5.24. The molecule has 2 aromatic rings. The second kappa shape index (κ2) is 10.7. The van der Waals surface area contributed by atoms with Crippen molar-refractivity contribution in [1.82, 2.24) is 9.21 Å². The Bertz CT molecular complexity index is 1060. The summed E-state index contributed by atoms with van der Waals surface area (Å²) in [6.45, 7) is 4.74. The number of ether oxygens (including phenoxy) is 2. The van der Waals surface area contributed by atoms with Gasteiger partial charge >= 0.3 is 5.69 Å². The van der Waals surface area contributed by atoms with Crippen LogP contribution in [0, 0.1) is 10.1 Å². The first-order valence-corrected chi connectivity index (χ1v) is 12.0. The Morgan fingerprint density at radius 1 is 1.34 bits per heavy atom. The molecule has 1 aromatic heterocycles. The fraction of sp³-hybridized carbons (Fsp3) is 0.350. The Balaban J connectivity index is 1.75. The molecule has 172 valence electrons. The maximum Gasteiger partial charge on any atom is 0.312 e. The summed E-state index contributed by atoms with van der Waals surface area (Å²) in [5, 5.41) is 13.5. The van der Waals surface area contributed by atoms with E-state index in [9.17, 15) is 23.3 Å². The van der Waals surface area contributed by atoms with Crippen molar-refractivity contribution < 1.29 is 27.6 Å². The van der Waals surface area contributed by atoms with Crippen molar-refractivity contribution in [2.24, 2.45) is 0 Å². The third-order valence-corrected chi connectivity index (χ3v) is 7.47. The van der Waals surface area contributed by atoms with Crippen molar-refractivity contribution in [3.63, 3.8) is 0 Å². The molecule has 0 saturated carbocycles. The van der Waals surface area contributed by atoms with Gasteiger partial charge in [0.1, 0.15) is 0 Å². The quantitative estimate of drug-likeness (QED) is 0.290. The van der Waals surface area contributed by atoms with E-state index in [-0.39, 0.29) is 42.9 Å². The molecule has 2 heterocycles. The first-order valence-electron chi connectivity index (χ1n) is 9.73. The predicted molar refractivity (Wildman–Crippen MR) is 118 cm³/mol. The van der Waals surface area contributed by atoms with Gasteiger partial charge in [-0.1, -0.05) is 12.1 Å². The number of nitro groups is 1. The van der Waals surface area contributed by atoms with Crippen LogP contribution < -0.4 is 4.74 Å². The van der Waals surface area contributed by atoms with Gasteiger partial charge in [-0.2, -0.15) is 4.31 Å². The topological polar surface area (TPSA) is 119 Å². The molecule has 3 rings (SSSR count). The molecule has 0 spiro atoms. The lowest BCUT2D eigenvalue weighted by atomic mass is 10.3. The van der Waals surface area contributed by atoms with Crippen LogP contribution >= 0.6 is 11.3 Å². The normalized spacial score (nSPS) is 14.6. The number of morpholine rings is 1. The van der Waals surface area contributed by atoms with Crippen molar-refractivity contribution in [3.8, 4) is 5.75 Å². The number of nitro benzene ring substituents is 1. The molecule has 0 atom stereocenters.